The van der Waals surface area contributed by atoms with Gasteiger partial charge in [0.2, 0.25) is 29.5 Å². The molecular weight excluding hydrogens is 867 g/mol. The summed E-state index contributed by atoms with van der Waals surface area (Å²) in [6.45, 7) is 11.5. The number of carbonyl (C=O) groups is 5. The Morgan fingerprint density at radius 2 is 1.49 bits per heavy atom. The minimum atomic E-state index is -1.42. The first kappa shape index (κ1) is 51.6. The molecule has 358 valence electrons. The highest BCUT2D eigenvalue weighted by Crippen LogP contribution is 2.40. The number of aryl methyl sites for hydroxylation is 2. The van der Waals surface area contributed by atoms with E-state index in [2.05, 4.69) is 63.8 Å². The first-order valence-corrected chi connectivity index (χ1v) is 22.3. The number of rotatable bonds is 14. The van der Waals surface area contributed by atoms with Gasteiger partial charge in [-0.25, -0.2) is 9.97 Å². The van der Waals surface area contributed by atoms with Crippen LogP contribution in [0.1, 0.15) is 90.0 Å². The molecule has 0 saturated carbocycles. The predicted octanol–water partition coefficient (Wildman–Crippen LogP) is 1.97. The number of fused-ring (bicyclic) bond motifs is 5. The highest BCUT2D eigenvalue weighted by Gasteiger charge is 2.36. The Morgan fingerprint density at radius 3 is 2.07 bits per heavy atom. The van der Waals surface area contributed by atoms with Crippen molar-refractivity contribution in [2.75, 3.05) is 46.4 Å². The second-order valence-corrected chi connectivity index (χ2v) is 17.4. The van der Waals surface area contributed by atoms with Crippen molar-refractivity contribution in [1.82, 2.24) is 36.1 Å². The second kappa shape index (κ2) is 23.4. The maximum absolute atomic E-state index is 14.7. The van der Waals surface area contributed by atoms with Gasteiger partial charge in [0.15, 0.2) is 0 Å². The number of nitrogens with two attached hydrogens (primary N) is 3. The molecule has 68 heavy (non-hydrogen) atoms. The molecule has 1 aliphatic heterocycles. The van der Waals surface area contributed by atoms with Crippen molar-refractivity contribution in [3.05, 3.63) is 106 Å². The van der Waals surface area contributed by atoms with Crippen LogP contribution in [0.3, 0.4) is 0 Å². The van der Waals surface area contributed by atoms with Crippen molar-refractivity contribution < 1.29 is 33.4 Å². The number of likely N-dealkylation sites (N-methyl/N-ethyl adjacent to an activating group) is 1. The third kappa shape index (κ3) is 12.9. The smallest absolute Gasteiger partial charge is 0.255 e. The molecule has 4 bridgehead atoms. The van der Waals surface area contributed by atoms with Crippen LogP contribution in [-0.2, 0) is 31.0 Å². The summed E-state index contributed by atoms with van der Waals surface area (Å²) in [5.74, 6) is 3.64. The third-order valence-electron chi connectivity index (χ3n) is 11.2. The Balaban J connectivity index is 1.54. The van der Waals surface area contributed by atoms with Gasteiger partial charge in [-0.05, 0) is 98.2 Å². The van der Waals surface area contributed by atoms with Gasteiger partial charge in [0.25, 0.3) is 5.91 Å². The van der Waals surface area contributed by atoms with Crippen molar-refractivity contribution in [2.24, 2.45) is 17.2 Å². The fraction of sp³-hybridized carbons (Fsp3) is 0.400. The standard InChI is InChI=1S/C50H61N11O7/c1-29-43(30(2)57-42(56-29)17-11-32-8-13-35(14-9-32)50(4,5)6)47(64)59-38(18-19-51)49(66)61(7)44-34-12-16-41(68-25-22-54)37(28-34)36-26-33(10-15-40(36)67-24-21-53)27-39(46(63)55-23-20-52)60-45(62)31(3)58-48(44)65/h8-10,12-16,26,28,31,38-39,44H,18-19,21-25,27,51,53-54H2,1-7H3,(H,55,63)(H,58,65)(H,59,64)(H,60,62)/t31-,38?,39-,44-/m0/s1. The van der Waals surface area contributed by atoms with Gasteiger partial charge in [0.1, 0.15) is 55.4 Å². The molecule has 0 aliphatic carbocycles. The third-order valence-corrected chi connectivity index (χ3v) is 11.2. The first-order valence-electron chi connectivity index (χ1n) is 22.3. The first-order chi connectivity index (χ1) is 32.4. The minimum Gasteiger partial charge on any atom is -0.492 e. The number of aromatic nitrogens is 2. The lowest BCUT2D eigenvalue weighted by Crippen LogP contribution is -2.56. The molecule has 0 saturated heterocycles. The van der Waals surface area contributed by atoms with Crippen molar-refractivity contribution in [3.8, 4) is 40.5 Å². The van der Waals surface area contributed by atoms with E-state index in [4.69, 9.17) is 26.7 Å². The fourth-order valence-electron chi connectivity index (χ4n) is 7.64. The molecule has 10 N–H and O–H groups in total. The van der Waals surface area contributed by atoms with E-state index in [0.29, 0.717) is 45.1 Å². The molecule has 5 amide bonds. The van der Waals surface area contributed by atoms with Crippen LogP contribution < -0.4 is 47.9 Å². The Hall–Kier alpha value is -7.38. The van der Waals surface area contributed by atoms with Gasteiger partial charge in [-0.15, -0.1) is 0 Å². The molecule has 1 aromatic heterocycles. The number of hydrogen-bond donors (Lipinski definition) is 7. The van der Waals surface area contributed by atoms with E-state index in [-0.39, 0.29) is 69.0 Å². The molecule has 1 aliphatic rings. The van der Waals surface area contributed by atoms with Crippen LogP contribution in [0.2, 0.25) is 0 Å². The van der Waals surface area contributed by atoms with Crippen LogP contribution in [-0.4, -0.2) is 109 Å². The van der Waals surface area contributed by atoms with Crippen molar-refractivity contribution in [2.45, 2.75) is 84.0 Å². The molecule has 0 fully saturated rings. The van der Waals surface area contributed by atoms with E-state index in [9.17, 15) is 29.2 Å². The topological polar surface area (TPSA) is 283 Å². The van der Waals surface area contributed by atoms with E-state index < -0.39 is 53.7 Å². The second-order valence-electron chi connectivity index (χ2n) is 17.4. The summed E-state index contributed by atoms with van der Waals surface area (Å²) in [6.07, 6.45) is -0.0173. The lowest BCUT2D eigenvalue weighted by Gasteiger charge is -2.32. The number of nitrogens with zero attached hydrogens (tertiary/aromatic N) is 4. The summed E-state index contributed by atoms with van der Waals surface area (Å²) < 4.78 is 12.2. The zero-order valence-electron chi connectivity index (χ0n) is 39.6. The number of ether oxygens (including phenoxy) is 2. The summed E-state index contributed by atoms with van der Waals surface area (Å²) in [7, 11) is 1.41. The van der Waals surface area contributed by atoms with Crippen LogP contribution in [0.25, 0.3) is 11.1 Å². The minimum absolute atomic E-state index is 0.00301. The van der Waals surface area contributed by atoms with E-state index in [1.54, 1.807) is 50.2 Å². The molecule has 18 heteroatoms. The van der Waals surface area contributed by atoms with Gasteiger partial charge in [-0.1, -0.05) is 51.0 Å². The van der Waals surface area contributed by atoms with Crippen LogP contribution >= 0.6 is 0 Å². The van der Waals surface area contributed by atoms with E-state index in [1.807, 2.05) is 30.3 Å². The molecule has 2 heterocycles. The average Bonchev–Trinajstić information content (AvgIpc) is 3.30. The molecule has 4 atom stereocenters. The maximum atomic E-state index is 14.7. The highest BCUT2D eigenvalue weighted by molar-refractivity contribution is 6.00. The van der Waals surface area contributed by atoms with Crippen LogP contribution in [0.4, 0.5) is 0 Å². The maximum Gasteiger partial charge on any atom is 0.255 e. The largest absolute Gasteiger partial charge is 0.492 e. The number of nitriles is 1. The fourth-order valence-corrected chi connectivity index (χ4v) is 7.64. The van der Waals surface area contributed by atoms with E-state index in [1.165, 1.54) is 24.4 Å². The summed E-state index contributed by atoms with van der Waals surface area (Å²) in [6, 6.07) is 14.9. The number of amides is 5. The van der Waals surface area contributed by atoms with E-state index >= 15 is 0 Å². The van der Waals surface area contributed by atoms with E-state index in [0.717, 1.165) is 5.56 Å². The van der Waals surface area contributed by atoms with Crippen molar-refractivity contribution in [1.29, 1.82) is 5.26 Å². The van der Waals surface area contributed by atoms with Gasteiger partial charge >= 0.3 is 0 Å². The lowest BCUT2D eigenvalue weighted by molar-refractivity contribution is -0.141. The highest BCUT2D eigenvalue weighted by atomic mass is 16.5. The Bertz CT molecular complexity index is 2590. The normalized spacial score (nSPS) is 16.3. The van der Waals surface area contributed by atoms with Gasteiger partial charge in [-0.3, -0.25) is 24.0 Å². The van der Waals surface area contributed by atoms with Crippen LogP contribution in [0.15, 0.2) is 60.7 Å². The van der Waals surface area contributed by atoms with Gasteiger partial charge in [0.05, 0.1) is 23.0 Å². The molecular formula is C50H61N11O7. The van der Waals surface area contributed by atoms with Crippen molar-refractivity contribution in [3.63, 3.8) is 0 Å². The average molecular weight is 928 g/mol. The van der Waals surface area contributed by atoms with Crippen molar-refractivity contribution >= 4 is 29.5 Å². The molecule has 3 aromatic carbocycles. The molecule has 5 rings (SSSR count). The SMILES string of the molecule is Cc1nc(C#Cc2ccc(C(C)(C)C)cc2)nc(C)c1C(=O)NC(CCN)C(=O)N(C)[C@@H]1C(=O)N[C@@H](C)C(=O)N[C@H](C(=O)NCC#N)Cc2ccc(OCCN)c(c2)-c2cc1ccc2OCCN. The Morgan fingerprint density at radius 1 is 0.868 bits per heavy atom. The van der Waals surface area contributed by atoms with Gasteiger partial charge in [-0.2, -0.15) is 5.26 Å². The molecule has 4 aromatic rings. The summed E-state index contributed by atoms with van der Waals surface area (Å²) >= 11 is 0. The number of benzene rings is 3. The quantitative estimate of drug-likeness (QED) is 0.0705. The zero-order valence-corrected chi connectivity index (χ0v) is 39.6. The van der Waals surface area contributed by atoms with Gasteiger partial charge < -0.3 is 52.8 Å². The number of carbonyl (C=O) groups excluding carboxylic acids is 5. The number of hydrogen-bond acceptors (Lipinski definition) is 13. The molecule has 1 unspecified atom stereocenters. The number of nitrogens with one attached hydrogen (secondary N) is 4. The molecule has 0 radical (unpaired) electrons. The lowest BCUT2D eigenvalue weighted by atomic mass is 9.87. The summed E-state index contributed by atoms with van der Waals surface area (Å²) in [5, 5.41) is 19.9. The van der Waals surface area contributed by atoms with Gasteiger partial charge in [0, 0.05) is 43.2 Å². The monoisotopic (exact) mass is 927 g/mol. The molecule has 0 spiro atoms. The van der Waals surface area contributed by atoms with Crippen LogP contribution in [0.5, 0.6) is 11.5 Å². The van der Waals surface area contributed by atoms with Crippen LogP contribution in [0, 0.1) is 37.0 Å². The summed E-state index contributed by atoms with van der Waals surface area (Å²) in [4.78, 5) is 80.7. The molecule has 18 nitrogen and oxygen atoms in total. The zero-order chi connectivity index (χ0) is 49.7. The summed E-state index contributed by atoms with van der Waals surface area (Å²) in [5.41, 5.74) is 22.3. The predicted molar refractivity (Wildman–Crippen MR) is 256 cm³/mol. The Kier molecular flexibility index (Phi) is 17.7. The Labute approximate surface area is 397 Å².